The molecule has 0 N–H and O–H groups in total. The number of benzene rings is 1. The number of terminal acetylenes is 1. The van der Waals surface area contributed by atoms with Gasteiger partial charge >= 0.3 is 0 Å². The fourth-order valence-corrected chi connectivity index (χ4v) is 3.46. The summed E-state index contributed by atoms with van der Waals surface area (Å²) in [6.07, 6.45) is 18.1. The van der Waals surface area contributed by atoms with Gasteiger partial charge in [-0.3, -0.25) is 0 Å². The van der Waals surface area contributed by atoms with E-state index in [1.54, 1.807) is 0 Å². The first-order valence-electron chi connectivity index (χ1n) is 9.49. The van der Waals surface area contributed by atoms with Crippen molar-refractivity contribution in [3.05, 3.63) is 29.8 Å². The lowest BCUT2D eigenvalue weighted by atomic mass is 9.80. The van der Waals surface area contributed by atoms with Crippen LogP contribution in [0.25, 0.3) is 0 Å². The molecular formula is C22H32O. The van der Waals surface area contributed by atoms with Crippen molar-refractivity contribution >= 4 is 0 Å². The lowest BCUT2D eigenvalue weighted by Crippen LogP contribution is -2.13. The van der Waals surface area contributed by atoms with Crippen LogP contribution < -0.4 is 4.74 Å². The minimum Gasteiger partial charge on any atom is -0.494 e. The SMILES string of the molecule is C#C[C@H]1CC[C@H](CCc2ccc(OCCCCCC)cc2)CC1. The first-order chi connectivity index (χ1) is 11.3. The summed E-state index contributed by atoms with van der Waals surface area (Å²) in [5.74, 6) is 5.34. The van der Waals surface area contributed by atoms with Gasteiger partial charge in [-0.25, -0.2) is 0 Å². The molecule has 0 heterocycles. The Morgan fingerprint density at radius 3 is 2.43 bits per heavy atom. The molecule has 0 bridgehead atoms. The van der Waals surface area contributed by atoms with Crippen LogP contribution in [0.2, 0.25) is 0 Å². The molecule has 0 saturated heterocycles. The van der Waals surface area contributed by atoms with E-state index in [1.807, 2.05) is 0 Å². The molecule has 126 valence electrons. The number of unbranched alkanes of at least 4 members (excludes halogenated alkanes) is 3. The molecule has 1 fully saturated rings. The van der Waals surface area contributed by atoms with E-state index in [0.29, 0.717) is 5.92 Å². The maximum absolute atomic E-state index is 5.81. The third kappa shape index (κ3) is 6.69. The van der Waals surface area contributed by atoms with Crippen LogP contribution in [0.15, 0.2) is 24.3 Å². The van der Waals surface area contributed by atoms with E-state index in [0.717, 1.165) is 24.7 Å². The summed E-state index contributed by atoms with van der Waals surface area (Å²) < 4.78 is 5.81. The molecule has 0 spiro atoms. The normalized spacial score (nSPS) is 20.9. The summed E-state index contributed by atoms with van der Waals surface area (Å²) in [4.78, 5) is 0. The van der Waals surface area contributed by atoms with Crippen molar-refractivity contribution < 1.29 is 4.74 Å². The fraction of sp³-hybridized carbons (Fsp3) is 0.636. The molecule has 1 aromatic carbocycles. The molecule has 0 atom stereocenters. The Morgan fingerprint density at radius 2 is 1.78 bits per heavy atom. The summed E-state index contributed by atoms with van der Waals surface area (Å²) in [5.41, 5.74) is 1.43. The molecule has 0 radical (unpaired) electrons. The van der Waals surface area contributed by atoms with Gasteiger partial charge in [0.15, 0.2) is 0 Å². The third-order valence-corrected chi connectivity index (χ3v) is 5.11. The van der Waals surface area contributed by atoms with Crippen LogP contribution in [-0.4, -0.2) is 6.61 Å². The third-order valence-electron chi connectivity index (χ3n) is 5.11. The minimum absolute atomic E-state index is 0.542. The molecule has 1 heteroatoms. The maximum atomic E-state index is 5.81. The summed E-state index contributed by atoms with van der Waals surface area (Å²) in [6, 6.07) is 8.72. The fourth-order valence-electron chi connectivity index (χ4n) is 3.46. The molecule has 23 heavy (non-hydrogen) atoms. The minimum atomic E-state index is 0.542. The van der Waals surface area contributed by atoms with E-state index >= 15 is 0 Å². The maximum Gasteiger partial charge on any atom is 0.119 e. The molecular weight excluding hydrogens is 280 g/mol. The van der Waals surface area contributed by atoms with Gasteiger partial charge in [-0.1, -0.05) is 38.3 Å². The van der Waals surface area contributed by atoms with Crippen LogP contribution >= 0.6 is 0 Å². The van der Waals surface area contributed by atoms with Crippen molar-refractivity contribution in [2.75, 3.05) is 6.61 Å². The second-order valence-electron chi connectivity index (χ2n) is 6.98. The molecule has 1 aromatic rings. The monoisotopic (exact) mass is 312 g/mol. The van der Waals surface area contributed by atoms with Gasteiger partial charge in [0.1, 0.15) is 5.75 Å². The lowest BCUT2D eigenvalue weighted by Gasteiger charge is -2.25. The summed E-state index contributed by atoms with van der Waals surface area (Å²) in [7, 11) is 0. The first-order valence-corrected chi connectivity index (χ1v) is 9.49. The van der Waals surface area contributed by atoms with E-state index in [-0.39, 0.29) is 0 Å². The van der Waals surface area contributed by atoms with Crippen LogP contribution in [0.1, 0.15) is 70.3 Å². The molecule has 0 unspecified atom stereocenters. The van der Waals surface area contributed by atoms with Gasteiger partial charge in [0.2, 0.25) is 0 Å². The molecule has 0 amide bonds. The van der Waals surface area contributed by atoms with Crippen molar-refractivity contribution in [2.45, 2.75) is 71.1 Å². The summed E-state index contributed by atoms with van der Waals surface area (Å²) in [5, 5.41) is 0. The lowest BCUT2D eigenvalue weighted by molar-refractivity contribution is 0.301. The van der Waals surface area contributed by atoms with Gasteiger partial charge in [-0.05, 0) is 68.6 Å². The van der Waals surface area contributed by atoms with E-state index in [4.69, 9.17) is 11.2 Å². The molecule has 0 aliphatic heterocycles. The molecule has 2 rings (SSSR count). The van der Waals surface area contributed by atoms with E-state index in [2.05, 4.69) is 37.1 Å². The highest BCUT2D eigenvalue weighted by molar-refractivity contribution is 5.27. The Hall–Kier alpha value is -1.42. The highest BCUT2D eigenvalue weighted by Crippen LogP contribution is 2.31. The van der Waals surface area contributed by atoms with Crippen LogP contribution in [0.5, 0.6) is 5.75 Å². The van der Waals surface area contributed by atoms with Crippen LogP contribution in [-0.2, 0) is 6.42 Å². The van der Waals surface area contributed by atoms with E-state index in [9.17, 15) is 0 Å². The predicted octanol–water partition coefficient (Wildman–Crippen LogP) is 6.02. The number of aryl methyl sites for hydroxylation is 1. The van der Waals surface area contributed by atoms with Crippen LogP contribution in [0, 0.1) is 24.2 Å². The van der Waals surface area contributed by atoms with E-state index in [1.165, 1.54) is 63.4 Å². The Morgan fingerprint density at radius 1 is 1.04 bits per heavy atom. The standard InChI is InChI=1S/C22H32O/c1-3-5-6-7-18-23-22-16-14-21(15-17-22)13-12-20-10-8-19(4-2)9-11-20/h2,14-17,19-20H,3,5-13,18H2,1H3/t19-,20-. The van der Waals surface area contributed by atoms with Crippen LogP contribution in [0.3, 0.4) is 0 Å². The number of rotatable bonds is 9. The van der Waals surface area contributed by atoms with Crippen molar-refractivity contribution in [1.29, 1.82) is 0 Å². The molecule has 1 nitrogen and oxygen atoms in total. The van der Waals surface area contributed by atoms with Crippen molar-refractivity contribution in [2.24, 2.45) is 11.8 Å². The van der Waals surface area contributed by atoms with Crippen molar-refractivity contribution in [3.63, 3.8) is 0 Å². The van der Waals surface area contributed by atoms with Gasteiger partial charge in [0.05, 0.1) is 6.61 Å². The van der Waals surface area contributed by atoms with Gasteiger partial charge in [-0.15, -0.1) is 12.3 Å². The van der Waals surface area contributed by atoms with Gasteiger partial charge in [0, 0.05) is 5.92 Å². The summed E-state index contributed by atoms with van der Waals surface area (Å²) in [6.45, 7) is 3.08. The van der Waals surface area contributed by atoms with Crippen molar-refractivity contribution in [1.82, 2.24) is 0 Å². The first kappa shape index (κ1) is 17.9. The highest BCUT2D eigenvalue weighted by atomic mass is 16.5. The smallest absolute Gasteiger partial charge is 0.119 e. The molecule has 0 aromatic heterocycles. The molecule has 1 saturated carbocycles. The number of ether oxygens (including phenoxy) is 1. The zero-order chi connectivity index (χ0) is 16.3. The molecule has 1 aliphatic carbocycles. The van der Waals surface area contributed by atoms with E-state index < -0.39 is 0 Å². The molecule has 1 aliphatic rings. The second-order valence-corrected chi connectivity index (χ2v) is 6.98. The second kappa shape index (κ2) is 10.4. The van der Waals surface area contributed by atoms with Gasteiger partial charge in [-0.2, -0.15) is 0 Å². The van der Waals surface area contributed by atoms with Crippen LogP contribution in [0.4, 0.5) is 0 Å². The van der Waals surface area contributed by atoms with Gasteiger partial charge < -0.3 is 4.74 Å². The summed E-state index contributed by atoms with van der Waals surface area (Å²) >= 11 is 0. The number of hydrogen-bond donors (Lipinski definition) is 0. The topological polar surface area (TPSA) is 9.23 Å². The zero-order valence-electron chi connectivity index (χ0n) is 14.7. The quantitative estimate of drug-likeness (QED) is 0.400. The Balaban J connectivity index is 1.64. The largest absolute Gasteiger partial charge is 0.494 e. The Labute approximate surface area is 142 Å². The van der Waals surface area contributed by atoms with Crippen molar-refractivity contribution in [3.8, 4) is 18.1 Å². The predicted molar refractivity (Wildman–Crippen MR) is 98.7 cm³/mol. The number of hydrogen-bond acceptors (Lipinski definition) is 1. The van der Waals surface area contributed by atoms with Gasteiger partial charge in [0.25, 0.3) is 0 Å². The highest BCUT2D eigenvalue weighted by Gasteiger charge is 2.19. The Kier molecular flexibility index (Phi) is 8.08. The zero-order valence-corrected chi connectivity index (χ0v) is 14.7. The average Bonchev–Trinajstić information content (AvgIpc) is 2.61. The average molecular weight is 312 g/mol. The Bertz CT molecular complexity index is 460.